The molecule has 0 aliphatic carbocycles. The Labute approximate surface area is 87.9 Å². The molecule has 0 radical (unpaired) electrons. The summed E-state index contributed by atoms with van der Waals surface area (Å²) < 4.78 is 0. The molecule has 0 saturated carbocycles. The van der Waals surface area contributed by atoms with E-state index in [9.17, 15) is 9.59 Å². The van der Waals surface area contributed by atoms with Crippen molar-refractivity contribution < 1.29 is 14.7 Å². The minimum Gasteiger partial charge on any atom is -0.476 e. The molecule has 0 aromatic heterocycles. The quantitative estimate of drug-likeness (QED) is 0.465. The molecule has 84 valence electrons. The lowest BCUT2D eigenvalue weighted by molar-refractivity contribution is -0.132. The number of aliphatic imine (C=N–C) groups is 1. The Morgan fingerprint density at radius 3 is 2.53 bits per heavy atom. The molecule has 0 spiro atoms. The largest absolute Gasteiger partial charge is 0.476 e. The third-order valence-corrected chi connectivity index (χ3v) is 1.51. The number of carboxylic acid groups (broad SMARTS) is 1. The van der Waals surface area contributed by atoms with Gasteiger partial charge in [0.1, 0.15) is 0 Å². The Morgan fingerprint density at radius 2 is 2.13 bits per heavy atom. The number of urea groups is 1. The number of nitrogens with two attached hydrogens (primary N) is 1. The topological polar surface area (TPSA) is 105 Å². The van der Waals surface area contributed by atoms with Crippen molar-refractivity contribution in [2.45, 2.75) is 26.7 Å². The predicted molar refractivity (Wildman–Crippen MR) is 56.5 cm³/mol. The van der Waals surface area contributed by atoms with Crippen molar-refractivity contribution in [3.05, 3.63) is 11.4 Å². The van der Waals surface area contributed by atoms with Crippen LogP contribution in [0.15, 0.2) is 16.4 Å². The lowest BCUT2D eigenvalue weighted by Crippen LogP contribution is -2.29. The van der Waals surface area contributed by atoms with Gasteiger partial charge < -0.3 is 16.2 Å². The highest BCUT2D eigenvalue weighted by Gasteiger charge is 2.10. The van der Waals surface area contributed by atoms with Crippen LogP contribution < -0.4 is 11.1 Å². The number of carbonyl (C=O) groups excluding carboxylic acids is 1. The fraction of sp³-hybridized carbons (Fsp3) is 0.444. The van der Waals surface area contributed by atoms with Crippen LogP contribution in [0.5, 0.6) is 0 Å². The van der Waals surface area contributed by atoms with Gasteiger partial charge in [-0.25, -0.2) is 9.59 Å². The van der Waals surface area contributed by atoms with Crippen LogP contribution in [0.2, 0.25) is 0 Å². The van der Waals surface area contributed by atoms with Crippen molar-refractivity contribution in [3.63, 3.8) is 0 Å². The van der Waals surface area contributed by atoms with Crippen molar-refractivity contribution in [1.29, 1.82) is 0 Å². The van der Waals surface area contributed by atoms with Crippen LogP contribution in [0.4, 0.5) is 4.79 Å². The monoisotopic (exact) mass is 213 g/mol. The van der Waals surface area contributed by atoms with Crippen LogP contribution in [0.1, 0.15) is 26.7 Å². The zero-order valence-corrected chi connectivity index (χ0v) is 8.78. The van der Waals surface area contributed by atoms with Gasteiger partial charge in [0.15, 0.2) is 5.70 Å². The molecule has 0 heterocycles. The summed E-state index contributed by atoms with van der Waals surface area (Å²) in [5.41, 5.74) is 4.78. The molecule has 0 aliphatic heterocycles. The molecule has 0 fully saturated rings. The molecule has 0 bridgehead atoms. The molecule has 0 atom stereocenters. The SMILES string of the molecule is CCCC=N/C(C(=O)O)=C(\C)NC(N)=O. The second kappa shape index (κ2) is 6.58. The van der Waals surface area contributed by atoms with Gasteiger partial charge in [-0.3, -0.25) is 4.99 Å². The van der Waals surface area contributed by atoms with Crippen molar-refractivity contribution in [2.75, 3.05) is 0 Å². The molecular weight excluding hydrogens is 198 g/mol. The van der Waals surface area contributed by atoms with E-state index >= 15 is 0 Å². The van der Waals surface area contributed by atoms with Gasteiger partial charge in [0, 0.05) is 11.9 Å². The first-order valence-corrected chi connectivity index (χ1v) is 4.52. The number of primary amides is 1. The highest BCUT2D eigenvalue weighted by atomic mass is 16.4. The number of nitrogens with one attached hydrogen (secondary N) is 1. The van der Waals surface area contributed by atoms with Crippen LogP contribution in [-0.4, -0.2) is 23.3 Å². The fourth-order valence-corrected chi connectivity index (χ4v) is 0.841. The van der Waals surface area contributed by atoms with E-state index in [2.05, 4.69) is 10.3 Å². The van der Waals surface area contributed by atoms with Gasteiger partial charge in [0.25, 0.3) is 0 Å². The summed E-state index contributed by atoms with van der Waals surface area (Å²) in [6.07, 6.45) is 3.05. The summed E-state index contributed by atoms with van der Waals surface area (Å²) in [4.78, 5) is 25.0. The number of hydrogen-bond donors (Lipinski definition) is 3. The maximum atomic E-state index is 10.8. The molecule has 0 unspecified atom stereocenters. The number of carbonyl (C=O) groups is 2. The van der Waals surface area contributed by atoms with Crippen molar-refractivity contribution in [3.8, 4) is 0 Å². The number of hydrogen-bond acceptors (Lipinski definition) is 3. The van der Waals surface area contributed by atoms with Crippen LogP contribution in [0.25, 0.3) is 0 Å². The number of carboxylic acids is 1. The standard InChI is InChI=1S/C9H15N3O3/c1-3-4-5-11-7(8(13)14)6(2)12-9(10)15/h5H,3-4H2,1-2H3,(H,13,14)(H3,10,12,15)/b7-6+,11-5?. The first-order chi connectivity index (χ1) is 6.99. The number of amides is 2. The van der Waals surface area contributed by atoms with Crippen LogP contribution in [0.3, 0.4) is 0 Å². The van der Waals surface area contributed by atoms with E-state index in [1.165, 1.54) is 13.1 Å². The van der Waals surface area contributed by atoms with E-state index in [-0.39, 0.29) is 11.4 Å². The minimum absolute atomic E-state index is 0.127. The van der Waals surface area contributed by atoms with Crippen molar-refractivity contribution in [1.82, 2.24) is 5.32 Å². The van der Waals surface area contributed by atoms with E-state index < -0.39 is 12.0 Å². The number of nitrogens with zero attached hydrogens (tertiary/aromatic N) is 1. The number of rotatable bonds is 5. The average molecular weight is 213 g/mol. The molecule has 0 aromatic rings. The van der Waals surface area contributed by atoms with E-state index in [0.29, 0.717) is 6.42 Å². The maximum absolute atomic E-state index is 10.8. The summed E-state index contributed by atoms with van der Waals surface area (Å²) in [7, 11) is 0. The molecule has 2 amide bonds. The van der Waals surface area contributed by atoms with Crippen LogP contribution in [-0.2, 0) is 4.79 Å². The molecule has 15 heavy (non-hydrogen) atoms. The lowest BCUT2D eigenvalue weighted by Gasteiger charge is -2.03. The lowest BCUT2D eigenvalue weighted by atomic mass is 10.3. The molecule has 0 saturated heterocycles. The van der Waals surface area contributed by atoms with Crippen LogP contribution in [0, 0.1) is 0 Å². The highest BCUT2D eigenvalue weighted by Crippen LogP contribution is 2.03. The van der Waals surface area contributed by atoms with Gasteiger partial charge in [-0.2, -0.15) is 0 Å². The van der Waals surface area contributed by atoms with Gasteiger partial charge in [0.05, 0.1) is 0 Å². The summed E-state index contributed by atoms with van der Waals surface area (Å²) in [5.74, 6) is -1.20. The Hall–Kier alpha value is -1.85. The molecule has 4 N–H and O–H groups in total. The van der Waals surface area contributed by atoms with E-state index in [4.69, 9.17) is 10.8 Å². The Balaban J connectivity index is 4.77. The third kappa shape index (κ3) is 5.45. The van der Waals surface area contributed by atoms with Crippen LogP contribution >= 0.6 is 0 Å². The Kier molecular flexibility index (Phi) is 5.77. The molecule has 0 aromatic carbocycles. The number of allylic oxidation sites excluding steroid dienone is 1. The van der Waals surface area contributed by atoms with Gasteiger partial charge in [-0.05, 0) is 13.3 Å². The van der Waals surface area contributed by atoms with Crippen molar-refractivity contribution >= 4 is 18.2 Å². The van der Waals surface area contributed by atoms with E-state index in [0.717, 1.165) is 6.42 Å². The molecule has 6 nitrogen and oxygen atoms in total. The summed E-state index contributed by atoms with van der Waals surface area (Å²) in [5, 5.41) is 11.0. The first-order valence-electron chi connectivity index (χ1n) is 4.52. The summed E-state index contributed by atoms with van der Waals surface area (Å²) >= 11 is 0. The van der Waals surface area contributed by atoms with Gasteiger partial charge >= 0.3 is 12.0 Å². The van der Waals surface area contributed by atoms with Gasteiger partial charge in [0.2, 0.25) is 0 Å². The zero-order chi connectivity index (χ0) is 11.8. The zero-order valence-electron chi connectivity index (χ0n) is 8.78. The number of unbranched alkanes of at least 4 members (excludes halogenated alkanes) is 1. The average Bonchev–Trinajstić information content (AvgIpc) is 2.10. The van der Waals surface area contributed by atoms with Gasteiger partial charge in [-0.15, -0.1) is 0 Å². The highest BCUT2D eigenvalue weighted by molar-refractivity contribution is 5.90. The predicted octanol–water partition coefficient (Wildman–Crippen LogP) is 0.842. The number of aliphatic carboxylic acids is 1. The van der Waals surface area contributed by atoms with E-state index in [1.807, 2.05) is 6.92 Å². The second-order valence-corrected chi connectivity index (χ2v) is 2.87. The second-order valence-electron chi connectivity index (χ2n) is 2.87. The molecule has 6 heteroatoms. The first kappa shape index (κ1) is 13.2. The molecular formula is C9H15N3O3. The minimum atomic E-state index is -1.20. The Bertz CT molecular complexity index is 308. The third-order valence-electron chi connectivity index (χ3n) is 1.51. The summed E-state index contributed by atoms with van der Waals surface area (Å²) in [6.45, 7) is 3.38. The normalized spacial score (nSPS) is 12.4. The fourth-order valence-electron chi connectivity index (χ4n) is 0.841. The maximum Gasteiger partial charge on any atom is 0.356 e. The van der Waals surface area contributed by atoms with E-state index in [1.54, 1.807) is 0 Å². The molecule has 0 aliphatic rings. The summed E-state index contributed by atoms with van der Waals surface area (Å²) in [6, 6.07) is -0.808. The van der Waals surface area contributed by atoms with Gasteiger partial charge in [-0.1, -0.05) is 13.3 Å². The van der Waals surface area contributed by atoms with Crippen molar-refractivity contribution in [2.24, 2.45) is 10.7 Å². The molecule has 0 rings (SSSR count). The smallest absolute Gasteiger partial charge is 0.356 e. The Morgan fingerprint density at radius 1 is 1.53 bits per heavy atom.